The fourth-order valence-corrected chi connectivity index (χ4v) is 3.98. The van der Waals surface area contributed by atoms with E-state index in [-0.39, 0.29) is 17.4 Å². The Balaban J connectivity index is 1.95. The molecule has 3 aromatic rings. The molecule has 1 heterocycles. The number of aliphatic hydroxyl groups is 1. The van der Waals surface area contributed by atoms with Crippen molar-refractivity contribution in [3.05, 3.63) is 71.4 Å². The Morgan fingerprint density at radius 3 is 2.31 bits per heavy atom. The van der Waals surface area contributed by atoms with Gasteiger partial charge in [-0.25, -0.2) is 8.42 Å². The Morgan fingerprint density at radius 2 is 1.72 bits per heavy atom. The summed E-state index contributed by atoms with van der Waals surface area (Å²) in [6.07, 6.45) is 2.88. The van der Waals surface area contributed by atoms with E-state index in [1.54, 1.807) is 18.3 Å². The molecule has 0 unspecified atom stereocenters. The van der Waals surface area contributed by atoms with Gasteiger partial charge in [0.2, 0.25) is 0 Å². The minimum absolute atomic E-state index is 0.0407. The molecule has 0 spiro atoms. The van der Waals surface area contributed by atoms with Crippen LogP contribution in [-0.2, 0) is 16.4 Å². The Hall–Kier alpha value is -2.90. The number of carbonyl (C=O) groups is 1. The Morgan fingerprint density at radius 1 is 1.07 bits per heavy atom. The number of rotatable bonds is 6. The number of aliphatic hydroxyl groups excluding tert-OH is 1. The van der Waals surface area contributed by atoms with Crippen molar-refractivity contribution in [2.75, 3.05) is 18.2 Å². The summed E-state index contributed by atoms with van der Waals surface area (Å²) in [6.45, 7) is 4.23. The fourth-order valence-electron chi connectivity index (χ4n) is 3.35. The lowest BCUT2D eigenvalue weighted by molar-refractivity contribution is 0.102. The number of hydrogen-bond acceptors (Lipinski definition) is 4. The molecule has 29 heavy (non-hydrogen) atoms. The number of hydrogen-bond donors (Lipinski definition) is 2. The zero-order chi connectivity index (χ0) is 21.2. The van der Waals surface area contributed by atoms with Crippen LogP contribution in [0, 0.1) is 13.8 Å². The molecule has 0 bridgehead atoms. The van der Waals surface area contributed by atoms with Crippen molar-refractivity contribution in [1.82, 2.24) is 4.57 Å². The van der Waals surface area contributed by atoms with E-state index < -0.39 is 9.84 Å². The maximum Gasteiger partial charge on any atom is 0.257 e. The second-order valence-electron chi connectivity index (χ2n) is 7.00. The number of amides is 1. The van der Waals surface area contributed by atoms with Gasteiger partial charge < -0.3 is 15.0 Å². The van der Waals surface area contributed by atoms with Crippen LogP contribution < -0.4 is 5.32 Å². The molecule has 0 saturated carbocycles. The minimum atomic E-state index is -3.29. The molecular weight excluding hydrogens is 388 g/mol. The number of aryl methyl sites for hydroxylation is 1. The van der Waals surface area contributed by atoms with Gasteiger partial charge in [-0.2, -0.15) is 0 Å². The number of carbonyl (C=O) groups excluding carboxylic acids is 1. The first-order valence-electron chi connectivity index (χ1n) is 9.20. The van der Waals surface area contributed by atoms with Crippen molar-refractivity contribution >= 4 is 21.4 Å². The molecule has 0 saturated heterocycles. The number of sulfone groups is 1. The van der Waals surface area contributed by atoms with Crippen molar-refractivity contribution in [2.45, 2.75) is 25.3 Å². The van der Waals surface area contributed by atoms with Gasteiger partial charge in [-0.1, -0.05) is 24.3 Å². The van der Waals surface area contributed by atoms with Gasteiger partial charge in [0, 0.05) is 30.2 Å². The maximum atomic E-state index is 12.9. The smallest absolute Gasteiger partial charge is 0.257 e. The van der Waals surface area contributed by atoms with Gasteiger partial charge in [0.05, 0.1) is 22.8 Å². The molecule has 2 aromatic carbocycles. The van der Waals surface area contributed by atoms with Gasteiger partial charge in [0.1, 0.15) is 0 Å². The lowest BCUT2D eigenvalue weighted by Gasteiger charge is -2.11. The molecule has 1 aromatic heterocycles. The van der Waals surface area contributed by atoms with Crippen LogP contribution in [-0.4, -0.2) is 36.9 Å². The van der Waals surface area contributed by atoms with Gasteiger partial charge in [-0.05, 0) is 49.2 Å². The minimum Gasteiger partial charge on any atom is -0.395 e. The van der Waals surface area contributed by atoms with Gasteiger partial charge >= 0.3 is 0 Å². The van der Waals surface area contributed by atoms with Crippen molar-refractivity contribution < 1.29 is 18.3 Å². The fraction of sp³-hybridized carbons (Fsp3) is 0.227. The first kappa shape index (κ1) is 20.8. The summed E-state index contributed by atoms with van der Waals surface area (Å²) in [6, 6.07) is 14.0. The maximum absolute atomic E-state index is 12.9. The van der Waals surface area contributed by atoms with E-state index >= 15 is 0 Å². The number of benzene rings is 2. The highest BCUT2D eigenvalue weighted by atomic mass is 32.2. The highest BCUT2D eigenvalue weighted by Crippen LogP contribution is 2.31. The van der Waals surface area contributed by atoms with Crippen molar-refractivity contribution in [2.24, 2.45) is 0 Å². The van der Waals surface area contributed by atoms with E-state index in [2.05, 4.69) is 5.32 Å². The van der Waals surface area contributed by atoms with Crippen LogP contribution in [0.4, 0.5) is 5.69 Å². The van der Waals surface area contributed by atoms with E-state index in [1.165, 1.54) is 12.1 Å². The van der Waals surface area contributed by atoms with Crippen molar-refractivity contribution in [1.29, 1.82) is 0 Å². The Labute approximate surface area is 170 Å². The zero-order valence-corrected chi connectivity index (χ0v) is 17.5. The average Bonchev–Trinajstić information content (AvgIpc) is 2.98. The zero-order valence-electron chi connectivity index (χ0n) is 16.6. The predicted octanol–water partition coefficient (Wildman–Crippen LogP) is 3.42. The summed E-state index contributed by atoms with van der Waals surface area (Å²) in [5.74, 6) is -0.291. The third-order valence-electron chi connectivity index (χ3n) is 4.86. The first-order chi connectivity index (χ1) is 13.7. The average molecular weight is 413 g/mol. The highest BCUT2D eigenvalue weighted by molar-refractivity contribution is 7.90. The molecule has 3 rings (SSSR count). The quantitative estimate of drug-likeness (QED) is 0.649. The molecule has 6 nitrogen and oxygen atoms in total. The number of aromatic nitrogens is 1. The molecule has 0 aliphatic rings. The van der Waals surface area contributed by atoms with Crippen LogP contribution in [0.5, 0.6) is 0 Å². The van der Waals surface area contributed by atoms with Gasteiger partial charge in [-0.15, -0.1) is 0 Å². The monoisotopic (exact) mass is 412 g/mol. The second-order valence-corrected chi connectivity index (χ2v) is 9.01. The van der Waals surface area contributed by atoms with Crippen LogP contribution in [0.1, 0.15) is 21.5 Å². The lowest BCUT2D eigenvalue weighted by Crippen LogP contribution is -2.12. The van der Waals surface area contributed by atoms with E-state index in [0.717, 1.165) is 28.6 Å². The van der Waals surface area contributed by atoms with Crippen molar-refractivity contribution in [3.63, 3.8) is 0 Å². The largest absolute Gasteiger partial charge is 0.395 e. The van der Waals surface area contributed by atoms with Crippen LogP contribution >= 0.6 is 0 Å². The number of nitrogens with zero attached hydrogens (tertiary/aromatic N) is 1. The van der Waals surface area contributed by atoms with Gasteiger partial charge in [0.25, 0.3) is 5.91 Å². The molecular formula is C22H24N2O4S. The molecule has 7 heteroatoms. The van der Waals surface area contributed by atoms with Gasteiger partial charge in [0.15, 0.2) is 9.84 Å². The SMILES string of the molecule is Cc1ccccc1-c1c(C)c(C(=O)Nc2ccc(S(C)(=O)=O)cc2)cn1CCO. The van der Waals surface area contributed by atoms with Crippen LogP contribution in [0.15, 0.2) is 59.6 Å². The number of anilines is 1. The first-order valence-corrected chi connectivity index (χ1v) is 11.1. The summed E-state index contributed by atoms with van der Waals surface area (Å²) in [7, 11) is -3.29. The summed E-state index contributed by atoms with van der Waals surface area (Å²) >= 11 is 0. The van der Waals surface area contributed by atoms with Crippen molar-refractivity contribution in [3.8, 4) is 11.3 Å². The van der Waals surface area contributed by atoms with Crippen LogP contribution in [0.25, 0.3) is 11.3 Å². The lowest BCUT2D eigenvalue weighted by atomic mass is 10.0. The third kappa shape index (κ3) is 4.41. The van der Waals surface area contributed by atoms with E-state index in [0.29, 0.717) is 17.8 Å². The Bertz CT molecular complexity index is 1150. The molecule has 1 amide bonds. The topological polar surface area (TPSA) is 88.4 Å². The Kier molecular flexibility index (Phi) is 5.91. The van der Waals surface area contributed by atoms with Crippen LogP contribution in [0.2, 0.25) is 0 Å². The third-order valence-corrected chi connectivity index (χ3v) is 5.99. The molecule has 2 N–H and O–H groups in total. The molecule has 0 aliphatic heterocycles. The molecule has 0 radical (unpaired) electrons. The van der Waals surface area contributed by atoms with E-state index in [4.69, 9.17) is 0 Å². The number of nitrogens with one attached hydrogen (secondary N) is 1. The highest BCUT2D eigenvalue weighted by Gasteiger charge is 2.20. The standard InChI is InChI=1S/C22H24N2O4S/c1-15-6-4-5-7-19(15)21-16(2)20(14-24(21)12-13-25)22(26)23-17-8-10-18(11-9-17)29(3,27)28/h4-11,14,25H,12-13H2,1-3H3,(H,23,26). The molecule has 0 atom stereocenters. The summed E-state index contributed by atoms with van der Waals surface area (Å²) in [5, 5.41) is 12.3. The van der Waals surface area contributed by atoms with E-state index in [9.17, 15) is 18.3 Å². The van der Waals surface area contributed by atoms with Crippen LogP contribution in [0.3, 0.4) is 0 Å². The van der Waals surface area contributed by atoms with E-state index in [1.807, 2.05) is 42.7 Å². The summed E-state index contributed by atoms with van der Waals surface area (Å²) in [5.41, 5.74) is 4.82. The summed E-state index contributed by atoms with van der Waals surface area (Å²) < 4.78 is 25.1. The predicted molar refractivity (Wildman–Crippen MR) is 114 cm³/mol. The normalized spacial score (nSPS) is 11.4. The molecule has 152 valence electrons. The van der Waals surface area contributed by atoms with Gasteiger partial charge in [-0.3, -0.25) is 4.79 Å². The summed E-state index contributed by atoms with van der Waals surface area (Å²) in [4.78, 5) is 13.1. The second kappa shape index (κ2) is 8.23. The molecule has 0 fully saturated rings. The molecule has 0 aliphatic carbocycles.